The van der Waals surface area contributed by atoms with Gasteiger partial charge >= 0.3 is 0 Å². The van der Waals surface area contributed by atoms with Crippen LogP contribution < -0.4 is 5.32 Å². The Labute approximate surface area is 118 Å². The number of hydrogen-bond donors (Lipinski definition) is 1. The van der Waals surface area contributed by atoms with Crippen LogP contribution in [0.1, 0.15) is 17.4 Å². The van der Waals surface area contributed by atoms with Gasteiger partial charge in [-0.15, -0.1) is 23.1 Å². The van der Waals surface area contributed by atoms with Crippen molar-refractivity contribution in [1.29, 1.82) is 0 Å². The molecule has 2 aromatic rings. The van der Waals surface area contributed by atoms with Crippen molar-refractivity contribution >= 4 is 23.1 Å². The van der Waals surface area contributed by atoms with Gasteiger partial charge in [-0.3, -0.25) is 0 Å². The smallest absolute Gasteiger partial charge is 0.0302 e. The Morgan fingerprint density at radius 1 is 1.17 bits per heavy atom. The van der Waals surface area contributed by atoms with Gasteiger partial charge in [0, 0.05) is 28.6 Å². The van der Waals surface area contributed by atoms with Crippen molar-refractivity contribution in [3.8, 4) is 0 Å². The molecule has 18 heavy (non-hydrogen) atoms. The zero-order valence-corrected chi connectivity index (χ0v) is 12.3. The number of rotatable bonds is 7. The molecule has 2 rings (SSSR count). The third-order valence-electron chi connectivity index (χ3n) is 2.79. The van der Waals surface area contributed by atoms with Gasteiger partial charge in [-0.1, -0.05) is 25.1 Å². The molecule has 3 heteroatoms. The van der Waals surface area contributed by atoms with Crippen molar-refractivity contribution in [2.45, 2.75) is 24.8 Å². The molecule has 0 spiro atoms. The Hall–Kier alpha value is -0.770. The van der Waals surface area contributed by atoms with Crippen LogP contribution in [0.2, 0.25) is 0 Å². The van der Waals surface area contributed by atoms with E-state index < -0.39 is 0 Å². The van der Waals surface area contributed by atoms with Crippen molar-refractivity contribution in [3.63, 3.8) is 0 Å². The second-order valence-corrected chi connectivity index (χ2v) is 6.23. The van der Waals surface area contributed by atoms with Crippen LogP contribution in [0.4, 0.5) is 0 Å². The number of thiophene rings is 1. The highest BCUT2D eigenvalue weighted by Gasteiger charge is 2.01. The van der Waals surface area contributed by atoms with Crippen molar-refractivity contribution in [1.82, 2.24) is 5.32 Å². The summed E-state index contributed by atoms with van der Waals surface area (Å²) >= 11 is 3.77. The van der Waals surface area contributed by atoms with Gasteiger partial charge in [-0.25, -0.2) is 0 Å². The summed E-state index contributed by atoms with van der Waals surface area (Å²) in [6.07, 6.45) is 1.14. The lowest BCUT2D eigenvalue weighted by molar-refractivity contribution is 0.735. The van der Waals surface area contributed by atoms with Crippen LogP contribution in [0.15, 0.2) is 46.7 Å². The topological polar surface area (TPSA) is 12.0 Å². The minimum Gasteiger partial charge on any atom is -0.311 e. The SMILES string of the molecule is CCc1ccsc1CNCCSc1ccccc1. The van der Waals surface area contributed by atoms with Crippen LogP contribution in [0, 0.1) is 0 Å². The number of nitrogens with one attached hydrogen (secondary N) is 1. The fraction of sp³-hybridized carbons (Fsp3) is 0.333. The normalized spacial score (nSPS) is 10.7. The average molecular weight is 277 g/mol. The van der Waals surface area contributed by atoms with Gasteiger partial charge in [0.05, 0.1) is 0 Å². The molecule has 0 aliphatic heterocycles. The molecule has 0 fully saturated rings. The molecule has 0 unspecified atom stereocenters. The molecule has 1 N–H and O–H groups in total. The van der Waals surface area contributed by atoms with E-state index in [2.05, 4.69) is 54.0 Å². The lowest BCUT2D eigenvalue weighted by atomic mass is 10.2. The van der Waals surface area contributed by atoms with Crippen LogP contribution in [0.5, 0.6) is 0 Å². The highest BCUT2D eigenvalue weighted by Crippen LogP contribution is 2.18. The van der Waals surface area contributed by atoms with E-state index in [0.717, 1.165) is 25.3 Å². The standard InChI is InChI=1S/C15H19NS2/c1-2-13-8-10-18-15(13)12-16-9-11-17-14-6-4-3-5-7-14/h3-8,10,16H,2,9,11-12H2,1H3. The summed E-state index contributed by atoms with van der Waals surface area (Å²) in [7, 11) is 0. The van der Waals surface area contributed by atoms with Gasteiger partial charge in [0.1, 0.15) is 0 Å². The largest absolute Gasteiger partial charge is 0.311 e. The maximum absolute atomic E-state index is 3.52. The quantitative estimate of drug-likeness (QED) is 0.601. The van der Waals surface area contributed by atoms with Crippen LogP contribution in [0.25, 0.3) is 0 Å². The predicted molar refractivity (Wildman–Crippen MR) is 82.6 cm³/mol. The third-order valence-corrected chi connectivity index (χ3v) is 4.77. The van der Waals surface area contributed by atoms with Crippen LogP contribution in [-0.2, 0) is 13.0 Å². The number of thioether (sulfide) groups is 1. The molecule has 96 valence electrons. The summed E-state index contributed by atoms with van der Waals surface area (Å²) < 4.78 is 0. The molecule has 1 aromatic heterocycles. The first-order valence-electron chi connectivity index (χ1n) is 6.34. The monoisotopic (exact) mass is 277 g/mol. The lowest BCUT2D eigenvalue weighted by Crippen LogP contribution is -2.16. The molecule has 0 saturated heterocycles. The van der Waals surface area contributed by atoms with E-state index in [1.807, 2.05) is 23.1 Å². The minimum atomic E-state index is 1.01. The van der Waals surface area contributed by atoms with E-state index in [9.17, 15) is 0 Å². The summed E-state index contributed by atoms with van der Waals surface area (Å²) in [5, 5.41) is 5.71. The van der Waals surface area contributed by atoms with Gasteiger partial charge in [0.2, 0.25) is 0 Å². The fourth-order valence-electron chi connectivity index (χ4n) is 1.80. The van der Waals surface area contributed by atoms with Crippen molar-refractivity contribution in [2.24, 2.45) is 0 Å². The van der Waals surface area contributed by atoms with Crippen molar-refractivity contribution in [2.75, 3.05) is 12.3 Å². The molecule has 1 heterocycles. The van der Waals surface area contributed by atoms with Gasteiger partial charge < -0.3 is 5.32 Å². The molecule has 0 saturated carbocycles. The third kappa shape index (κ3) is 4.16. The van der Waals surface area contributed by atoms with Crippen molar-refractivity contribution < 1.29 is 0 Å². The summed E-state index contributed by atoms with van der Waals surface area (Å²) in [5.41, 5.74) is 1.49. The molecule has 0 bridgehead atoms. The van der Waals surface area contributed by atoms with Crippen LogP contribution in [-0.4, -0.2) is 12.3 Å². The highest BCUT2D eigenvalue weighted by atomic mass is 32.2. The first kappa shape index (κ1) is 13.7. The van der Waals surface area contributed by atoms with Gasteiger partial charge in [0.25, 0.3) is 0 Å². The molecule has 0 atom stereocenters. The summed E-state index contributed by atoms with van der Waals surface area (Å²) in [6, 6.07) is 12.8. The van der Waals surface area contributed by atoms with Crippen LogP contribution >= 0.6 is 23.1 Å². The molecule has 1 nitrogen and oxygen atoms in total. The first-order chi connectivity index (χ1) is 8.90. The van der Waals surface area contributed by atoms with E-state index in [1.54, 1.807) is 0 Å². The molecule has 0 amide bonds. The Balaban J connectivity index is 1.65. The summed E-state index contributed by atoms with van der Waals surface area (Å²) in [4.78, 5) is 2.84. The Kier molecular flexibility index (Phi) is 5.78. The second-order valence-electron chi connectivity index (χ2n) is 4.06. The van der Waals surface area contributed by atoms with E-state index in [1.165, 1.54) is 15.3 Å². The maximum Gasteiger partial charge on any atom is 0.0302 e. The zero-order chi connectivity index (χ0) is 12.6. The number of aryl methyl sites for hydroxylation is 1. The maximum atomic E-state index is 3.52. The number of hydrogen-bond acceptors (Lipinski definition) is 3. The second kappa shape index (κ2) is 7.62. The summed E-state index contributed by atoms with van der Waals surface area (Å²) in [5.74, 6) is 1.12. The molecule has 1 aromatic carbocycles. The molecule has 0 radical (unpaired) electrons. The van der Waals surface area contributed by atoms with E-state index >= 15 is 0 Å². The molecular weight excluding hydrogens is 258 g/mol. The Morgan fingerprint density at radius 3 is 2.78 bits per heavy atom. The zero-order valence-electron chi connectivity index (χ0n) is 10.7. The molecule has 0 aliphatic rings. The van der Waals surface area contributed by atoms with E-state index in [4.69, 9.17) is 0 Å². The Bertz CT molecular complexity index is 451. The number of benzene rings is 1. The molecular formula is C15H19NS2. The van der Waals surface area contributed by atoms with Gasteiger partial charge in [-0.05, 0) is 35.6 Å². The average Bonchev–Trinajstić information content (AvgIpc) is 2.87. The molecule has 0 aliphatic carbocycles. The highest BCUT2D eigenvalue weighted by molar-refractivity contribution is 7.99. The van der Waals surface area contributed by atoms with Crippen molar-refractivity contribution in [3.05, 3.63) is 52.2 Å². The van der Waals surface area contributed by atoms with E-state index in [0.29, 0.717) is 0 Å². The van der Waals surface area contributed by atoms with Gasteiger partial charge in [0.15, 0.2) is 0 Å². The van der Waals surface area contributed by atoms with E-state index in [-0.39, 0.29) is 0 Å². The predicted octanol–water partition coefficient (Wildman–Crippen LogP) is 4.19. The first-order valence-corrected chi connectivity index (χ1v) is 8.20. The summed E-state index contributed by atoms with van der Waals surface area (Å²) in [6.45, 7) is 4.29. The van der Waals surface area contributed by atoms with Crippen LogP contribution in [0.3, 0.4) is 0 Å². The van der Waals surface area contributed by atoms with Gasteiger partial charge in [-0.2, -0.15) is 0 Å². The Morgan fingerprint density at radius 2 is 2.00 bits per heavy atom. The fourth-order valence-corrected chi connectivity index (χ4v) is 3.57. The lowest BCUT2D eigenvalue weighted by Gasteiger charge is -2.05. The minimum absolute atomic E-state index is 1.01.